The summed E-state index contributed by atoms with van der Waals surface area (Å²) in [4.78, 5) is 34.3. The van der Waals surface area contributed by atoms with E-state index in [2.05, 4.69) is 30.8 Å². The summed E-state index contributed by atoms with van der Waals surface area (Å²) in [5.41, 5.74) is 9.24. The molecule has 10 heteroatoms. The second-order valence-corrected chi connectivity index (χ2v) is 7.05. The molecule has 156 valence electrons. The lowest BCUT2D eigenvalue weighted by Gasteiger charge is -2.12. The zero-order valence-electron chi connectivity index (χ0n) is 16.9. The topological polar surface area (TPSA) is 142 Å². The van der Waals surface area contributed by atoms with Crippen LogP contribution >= 0.6 is 0 Å². The Morgan fingerprint density at radius 3 is 2.55 bits per heavy atom. The minimum absolute atomic E-state index is 0.249. The van der Waals surface area contributed by atoms with Gasteiger partial charge in [-0.1, -0.05) is 6.07 Å². The minimum atomic E-state index is -0.375. The zero-order valence-corrected chi connectivity index (χ0v) is 16.9. The zero-order chi connectivity index (χ0) is 22.0. The molecule has 1 aromatic carbocycles. The highest BCUT2D eigenvalue weighted by molar-refractivity contribution is 6.11. The molecule has 0 saturated carbocycles. The molecule has 0 radical (unpaired) electrons. The van der Waals surface area contributed by atoms with Crippen molar-refractivity contribution in [3.8, 4) is 11.1 Å². The fourth-order valence-electron chi connectivity index (χ4n) is 2.94. The number of anilines is 3. The maximum Gasteiger partial charge on any atom is 0.321 e. The molecule has 0 saturated heterocycles. The first kappa shape index (κ1) is 19.8. The number of urea groups is 1. The number of carbonyl (C=O) groups excluding carboxylic acids is 2. The van der Waals surface area contributed by atoms with Crippen molar-refractivity contribution in [3.63, 3.8) is 0 Å². The molecule has 3 amide bonds. The largest absolute Gasteiger partial charge is 0.384 e. The van der Waals surface area contributed by atoms with E-state index >= 15 is 0 Å². The van der Waals surface area contributed by atoms with Gasteiger partial charge in [0.15, 0.2) is 5.69 Å². The molecule has 0 spiro atoms. The number of fused-ring (bicyclic) bond motifs is 1. The number of hydrogen-bond acceptors (Lipinski definition) is 6. The monoisotopic (exact) mass is 416 g/mol. The van der Waals surface area contributed by atoms with Crippen LogP contribution in [0.1, 0.15) is 10.5 Å². The van der Waals surface area contributed by atoms with Gasteiger partial charge in [0.05, 0.1) is 29.3 Å². The average Bonchev–Trinajstić information content (AvgIpc) is 3.19. The van der Waals surface area contributed by atoms with E-state index in [0.29, 0.717) is 28.1 Å². The van der Waals surface area contributed by atoms with E-state index in [-0.39, 0.29) is 17.6 Å². The number of aromatic amines is 1. The van der Waals surface area contributed by atoms with Crippen molar-refractivity contribution in [3.05, 3.63) is 60.7 Å². The molecule has 3 aromatic heterocycles. The Morgan fingerprint density at radius 1 is 0.968 bits per heavy atom. The maximum absolute atomic E-state index is 12.7. The van der Waals surface area contributed by atoms with Crippen molar-refractivity contribution in [2.75, 3.05) is 30.5 Å². The van der Waals surface area contributed by atoms with E-state index in [1.165, 1.54) is 11.1 Å². The van der Waals surface area contributed by atoms with Crippen LogP contribution in [0.25, 0.3) is 22.0 Å². The molecule has 0 bridgehead atoms. The molecule has 0 aliphatic carbocycles. The fraction of sp³-hybridized carbons (Fsp3) is 0.0952. The van der Waals surface area contributed by atoms with E-state index < -0.39 is 0 Å². The highest BCUT2D eigenvalue weighted by Gasteiger charge is 2.16. The number of aromatic nitrogens is 4. The number of pyridine rings is 2. The maximum atomic E-state index is 12.7. The van der Waals surface area contributed by atoms with Crippen LogP contribution in [0.15, 0.2) is 55.0 Å². The number of carbonyl (C=O) groups is 2. The van der Waals surface area contributed by atoms with Crippen LogP contribution in [0, 0.1) is 0 Å². The van der Waals surface area contributed by atoms with Gasteiger partial charge in [-0.2, -0.15) is 5.10 Å². The highest BCUT2D eigenvalue weighted by Crippen LogP contribution is 2.27. The number of nitrogens with one attached hydrogen (secondary N) is 3. The van der Waals surface area contributed by atoms with E-state index in [1.54, 1.807) is 38.6 Å². The molecule has 0 unspecified atom stereocenters. The average molecular weight is 416 g/mol. The Labute approximate surface area is 177 Å². The highest BCUT2D eigenvalue weighted by atomic mass is 16.2. The first-order valence-electron chi connectivity index (χ1n) is 9.35. The Bertz CT molecular complexity index is 1260. The number of nitrogen functional groups attached to an aromatic ring is 1. The van der Waals surface area contributed by atoms with Gasteiger partial charge in [-0.3, -0.25) is 14.9 Å². The van der Waals surface area contributed by atoms with Crippen molar-refractivity contribution < 1.29 is 9.59 Å². The Balaban J connectivity index is 1.63. The smallest absolute Gasteiger partial charge is 0.321 e. The van der Waals surface area contributed by atoms with E-state index in [9.17, 15) is 9.59 Å². The molecule has 31 heavy (non-hydrogen) atoms. The van der Waals surface area contributed by atoms with E-state index in [4.69, 9.17) is 5.73 Å². The van der Waals surface area contributed by atoms with Gasteiger partial charge in [-0.25, -0.2) is 9.78 Å². The minimum Gasteiger partial charge on any atom is -0.384 e. The lowest BCUT2D eigenvalue weighted by atomic mass is 10.0. The van der Waals surface area contributed by atoms with E-state index in [0.717, 1.165) is 11.1 Å². The van der Waals surface area contributed by atoms with Crippen LogP contribution in [0.3, 0.4) is 0 Å². The molecule has 10 nitrogen and oxygen atoms in total. The number of nitrogens with zero attached hydrogens (tertiary/aromatic N) is 4. The van der Waals surface area contributed by atoms with Crippen LogP contribution in [-0.2, 0) is 0 Å². The molecule has 0 aliphatic rings. The van der Waals surface area contributed by atoms with Gasteiger partial charge in [-0.15, -0.1) is 0 Å². The van der Waals surface area contributed by atoms with Crippen LogP contribution < -0.4 is 16.4 Å². The molecule has 5 N–H and O–H groups in total. The van der Waals surface area contributed by atoms with Crippen LogP contribution in [-0.4, -0.2) is 51.1 Å². The summed E-state index contributed by atoms with van der Waals surface area (Å²) in [5, 5.41) is 13.2. The fourth-order valence-corrected chi connectivity index (χ4v) is 2.94. The number of nitrogens with two attached hydrogens (primary N) is 1. The lowest BCUT2D eigenvalue weighted by Crippen LogP contribution is -2.27. The Morgan fingerprint density at radius 2 is 1.81 bits per heavy atom. The molecule has 4 rings (SSSR count). The first-order chi connectivity index (χ1) is 14.9. The van der Waals surface area contributed by atoms with Gasteiger partial charge in [-0.05, 0) is 35.9 Å². The summed E-state index contributed by atoms with van der Waals surface area (Å²) < 4.78 is 0. The third-order valence-corrected chi connectivity index (χ3v) is 4.55. The summed E-state index contributed by atoms with van der Waals surface area (Å²) in [6.07, 6.45) is 4.74. The van der Waals surface area contributed by atoms with Gasteiger partial charge in [0, 0.05) is 31.2 Å². The number of benzene rings is 1. The van der Waals surface area contributed by atoms with Gasteiger partial charge < -0.3 is 21.3 Å². The van der Waals surface area contributed by atoms with Crippen LogP contribution in [0.5, 0.6) is 0 Å². The number of hydrogen-bond donors (Lipinski definition) is 4. The first-order valence-corrected chi connectivity index (χ1v) is 9.35. The standard InChI is InChI=1S/C21H20N8O2/c1-29(2)21(31)26-15-7-13(9-23-10-15)12-3-5-17-16(8-12)19(28-27-17)20(30)25-14-4-6-18(22)24-11-14/h3-11H,1-2H3,(H2,22,24)(H,25,30)(H,26,31)(H,27,28). The Hall–Kier alpha value is -4.47. The molecule has 4 aromatic rings. The van der Waals surface area contributed by atoms with Crippen molar-refractivity contribution in [2.24, 2.45) is 0 Å². The predicted molar refractivity (Wildman–Crippen MR) is 119 cm³/mol. The van der Waals surface area contributed by atoms with Crippen molar-refractivity contribution in [1.82, 2.24) is 25.1 Å². The Kier molecular flexibility index (Phi) is 5.19. The van der Waals surface area contributed by atoms with Crippen LogP contribution in [0.4, 0.5) is 22.0 Å². The lowest BCUT2D eigenvalue weighted by molar-refractivity contribution is 0.102. The molecular weight excluding hydrogens is 396 g/mol. The number of rotatable bonds is 4. The summed E-state index contributed by atoms with van der Waals surface area (Å²) in [6, 6.07) is 10.4. The van der Waals surface area contributed by atoms with Crippen molar-refractivity contribution in [2.45, 2.75) is 0 Å². The molecular formula is C21H20N8O2. The molecule has 0 aliphatic heterocycles. The normalized spacial score (nSPS) is 10.6. The quantitative estimate of drug-likeness (QED) is 0.403. The summed E-state index contributed by atoms with van der Waals surface area (Å²) in [7, 11) is 3.32. The summed E-state index contributed by atoms with van der Waals surface area (Å²) in [5.74, 6) is -0.00874. The van der Waals surface area contributed by atoms with Gasteiger partial charge in [0.1, 0.15) is 5.82 Å². The van der Waals surface area contributed by atoms with Gasteiger partial charge in [0.2, 0.25) is 0 Å². The third-order valence-electron chi connectivity index (χ3n) is 4.55. The third kappa shape index (κ3) is 4.27. The molecule has 3 heterocycles. The number of H-pyrrole nitrogens is 1. The second kappa shape index (κ2) is 8.11. The number of amides is 3. The second-order valence-electron chi connectivity index (χ2n) is 7.05. The molecule has 0 fully saturated rings. The molecule has 0 atom stereocenters. The predicted octanol–water partition coefficient (Wildman–Crippen LogP) is 2.95. The van der Waals surface area contributed by atoms with Crippen molar-refractivity contribution >= 4 is 40.0 Å². The van der Waals surface area contributed by atoms with Crippen molar-refractivity contribution in [1.29, 1.82) is 0 Å². The van der Waals surface area contributed by atoms with Gasteiger partial charge >= 0.3 is 6.03 Å². The SMILES string of the molecule is CN(C)C(=O)Nc1cncc(-c2ccc3[nH]nc(C(=O)Nc4ccc(N)nc4)c3c2)c1. The summed E-state index contributed by atoms with van der Waals surface area (Å²) >= 11 is 0. The van der Waals surface area contributed by atoms with Gasteiger partial charge in [0.25, 0.3) is 5.91 Å². The van der Waals surface area contributed by atoms with E-state index in [1.807, 2.05) is 24.3 Å². The van der Waals surface area contributed by atoms with Crippen LogP contribution in [0.2, 0.25) is 0 Å². The summed E-state index contributed by atoms with van der Waals surface area (Å²) in [6.45, 7) is 0.